The quantitative estimate of drug-likeness (QED) is 0.795. The van der Waals surface area contributed by atoms with E-state index in [9.17, 15) is 18.8 Å². The highest BCUT2D eigenvalue weighted by Gasteiger charge is 2.28. The topological polar surface area (TPSA) is 108 Å². The zero-order valence-electron chi connectivity index (χ0n) is 12.4. The molecule has 3 amide bonds. The Kier molecular flexibility index (Phi) is 5.85. The van der Waals surface area contributed by atoms with Crippen LogP contribution >= 0.6 is 0 Å². The normalized spacial score (nSPS) is 11.7. The second-order valence-corrected chi connectivity index (χ2v) is 4.77. The maximum atomic E-state index is 13.8. The summed E-state index contributed by atoms with van der Waals surface area (Å²) in [4.78, 5) is 34.4. The van der Waals surface area contributed by atoms with Gasteiger partial charge >= 0.3 is 12.0 Å². The monoisotopic (exact) mass is 312 g/mol. The van der Waals surface area contributed by atoms with Crippen molar-refractivity contribution in [1.29, 1.82) is 0 Å². The van der Waals surface area contributed by atoms with Crippen molar-refractivity contribution in [2.75, 3.05) is 7.11 Å². The van der Waals surface area contributed by atoms with Crippen molar-refractivity contribution in [2.45, 2.75) is 20.0 Å². The maximum Gasteiger partial charge on any atom is 0.341 e. The summed E-state index contributed by atoms with van der Waals surface area (Å²) in [5, 5.41) is 1.82. The van der Waals surface area contributed by atoms with Gasteiger partial charge in [-0.1, -0.05) is 13.8 Å². The van der Waals surface area contributed by atoms with E-state index in [0.29, 0.717) is 0 Å². The molecular weight excluding hydrogens is 295 g/mol. The molecule has 0 aliphatic heterocycles. The minimum absolute atomic E-state index is 0.237. The summed E-state index contributed by atoms with van der Waals surface area (Å²) in [6.45, 7) is 3.20. The van der Waals surface area contributed by atoms with E-state index in [2.05, 4.69) is 0 Å². The van der Waals surface area contributed by atoms with Gasteiger partial charge in [-0.15, -0.1) is 0 Å². The lowest BCUT2D eigenvalue weighted by atomic mass is 10.1. The molecule has 120 valence electrons. The number of urea groups is 1. The fourth-order valence-corrected chi connectivity index (χ4v) is 1.65. The van der Waals surface area contributed by atoms with E-state index >= 15 is 0 Å². The average Bonchev–Trinajstić information content (AvgIpc) is 2.42. The molecule has 0 unspecified atom stereocenters. The van der Waals surface area contributed by atoms with E-state index < -0.39 is 35.7 Å². The lowest BCUT2D eigenvalue weighted by Gasteiger charge is -2.20. The van der Waals surface area contributed by atoms with Gasteiger partial charge in [-0.3, -0.25) is 10.1 Å². The molecule has 0 aromatic heterocycles. The van der Waals surface area contributed by atoms with Crippen LogP contribution in [-0.2, 0) is 9.53 Å². The molecule has 1 rings (SSSR count). The molecule has 0 spiro atoms. The van der Waals surface area contributed by atoms with Gasteiger partial charge in [0.25, 0.3) is 5.91 Å². The molecule has 0 bridgehead atoms. The molecular formula is C14H17FN2O5. The molecule has 0 fully saturated rings. The predicted octanol–water partition coefficient (Wildman–Crippen LogP) is 1.21. The Morgan fingerprint density at radius 3 is 2.36 bits per heavy atom. The molecule has 0 saturated heterocycles. The fraction of sp³-hybridized carbons (Fsp3) is 0.357. The van der Waals surface area contributed by atoms with Gasteiger partial charge in [-0.25, -0.2) is 14.0 Å². The zero-order valence-corrected chi connectivity index (χ0v) is 12.4. The first kappa shape index (κ1) is 17.4. The predicted molar refractivity (Wildman–Crippen MR) is 74.7 cm³/mol. The first-order valence-corrected chi connectivity index (χ1v) is 6.41. The number of benzene rings is 1. The third-order valence-corrected chi connectivity index (χ3v) is 2.74. The number of esters is 1. The van der Waals surface area contributed by atoms with Crippen molar-refractivity contribution < 1.29 is 28.2 Å². The van der Waals surface area contributed by atoms with Crippen LogP contribution in [0.2, 0.25) is 0 Å². The number of hydrogen-bond acceptors (Lipinski definition) is 5. The lowest BCUT2D eigenvalue weighted by molar-refractivity contribution is -0.130. The molecule has 1 atom stereocenters. The fourth-order valence-electron chi connectivity index (χ4n) is 1.65. The number of methoxy groups -OCH3 is 1. The van der Waals surface area contributed by atoms with Gasteiger partial charge in [0.15, 0.2) is 6.10 Å². The van der Waals surface area contributed by atoms with Gasteiger partial charge in [0.05, 0.1) is 12.7 Å². The molecule has 0 saturated carbocycles. The highest BCUT2D eigenvalue weighted by molar-refractivity contribution is 5.98. The molecule has 0 aliphatic carbocycles. The Balaban J connectivity index is 2.92. The molecule has 22 heavy (non-hydrogen) atoms. The number of hydrogen-bond donors (Lipinski definition) is 2. The Labute approximate surface area is 126 Å². The second-order valence-electron chi connectivity index (χ2n) is 4.77. The molecule has 0 radical (unpaired) electrons. The molecule has 8 heteroatoms. The van der Waals surface area contributed by atoms with Crippen molar-refractivity contribution >= 4 is 17.9 Å². The first-order chi connectivity index (χ1) is 10.3. The number of nitrogens with one attached hydrogen (secondary N) is 1. The first-order valence-electron chi connectivity index (χ1n) is 6.41. The van der Waals surface area contributed by atoms with Crippen molar-refractivity contribution in [3.8, 4) is 5.75 Å². The summed E-state index contributed by atoms with van der Waals surface area (Å²) >= 11 is 0. The minimum atomic E-state index is -1.28. The molecule has 0 heterocycles. The van der Waals surface area contributed by atoms with Crippen LogP contribution in [0.5, 0.6) is 5.75 Å². The third kappa shape index (κ3) is 4.44. The number of amides is 3. The van der Waals surface area contributed by atoms with Crippen molar-refractivity contribution in [3.63, 3.8) is 0 Å². The van der Waals surface area contributed by atoms with E-state index in [0.717, 1.165) is 6.07 Å². The van der Waals surface area contributed by atoms with Crippen LogP contribution in [-0.4, -0.2) is 31.1 Å². The molecule has 0 aliphatic rings. The van der Waals surface area contributed by atoms with Crippen LogP contribution < -0.4 is 15.8 Å². The van der Waals surface area contributed by atoms with Gasteiger partial charge in [0.2, 0.25) is 0 Å². The van der Waals surface area contributed by atoms with E-state index in [-0.39, 0.29) is 11.3 Å². The summed E-state index contributed by atoms with van der Waals surface area (Å²) in [7, 11) is 1.36. The largest absolute Gasteiger partial charge is 0.497 e. The Morgan fingerprint density at radius 1 is 1.27 bits per heavy atom. The van der Waals surface area contributed by atoms with Crippen LogP contribution in [0.4, 0.5) is 9.18 Å². The van der Waals surface area contributed by atoms with Gasteiger partial charge in [-0.2, -0.15) is 0 Å². The highest BCUT2D eigenvalue weighted by atomic mass is 19.1. The average molecular weight is 312 g/mol. The van der Waals surface area contributed by atoms with E-state index in [1.54, 1.807) is 13.8 Å². The Morgan fingerprint density at radius 2 is 1.91 bits per heavy atom. The molecule has 7 nitrogen and oxygen atoms in total. The summed E-state index contributed by atoms with van der Waals surface area (Å²) < 4.78 is 23.6. The lowest BCUT2D eigenvalue weighted by Crippen LogP contribution is -2.45. The number of carbonyl (C=O) groups excluding carboxylic acids is 3. The van der Waals surface area contributed by atoms with Crippen LogP contribution in [0, 0.1) is 11.7 Å². The SMILES string of the molecule is COc1ccc(C(=O)O[C@@H](C(=O)NC(N)=O)C(C)C)c(F)c1. The summed E-state index contributed by atoms with van der Waals surface area (Å²) in [5.74, 6) is -2.95. The van der Waals surface area contributed by atoms with Gasteiger partial charge in [0.1, 0.15) is 11.6 Å². The second kappa shape index (κ2) is 7.39. The van der Waals surface area contributed by atoms with Crippen molar-refractivity contribution in [1.82, 2.24) is 5.32 Å². The maximum absolute atomic E-state index is 13.8. The summed E-state index contributed by atoms with van der Waals surface area (Å²) in [6, 6.07) is 2.51. The number of primary amides is 1. The number of nitrogens with two attached hydrogens (primary N) is 1. The number of imide groups is 1. The summed E-state index contributed by atoms with van der Waals surface area (Å²) in [5.41, 5.74) is 4.50. The smallest absolute Gasteiger partial charge is 0.341 e. The van der Waals surface area contributed by atoms with E-state index in [1.807, 2.05) is 5.32 Å². The number of rotatable bonds is 5. The molecule has 1 aromatic carbocycles. The highest BCUT2D eigenvalue weighted by Crippen LogP contribution is 2.18. The Hall–Kier alpha value is -2.64. The van der Waals surface area contributed by atoms with Crippen molar-refractivity contribution in [2.24, 2.45) is 11.7 Å². The number of halogens is 1. The third-order valence-electron chi connectivity index (χ3n) is 2.74. The number of ether oxygens (including phenoxy) is 2. The van der Waals surface area contributed by atoms with Gasteiger partial charge in [-0.05, 0) is 18.1 Å². The van der Waals surface area contributed by atoms with Crippen LogP contribution in [0.3, 0.4) is 0 Å². The van der Waals surface area contributed by atoms with E-state index in [1.165, 1.54) is 19.2 Å². The standard InChI is InChI=1S/C14H17FN2O5/c1-7(2)11(12(18)17-14(16)20)22-13(19)9-5-4-8(21-3)6-10(9)15/h4-7,11H,1-3H3,(H3,16,17,18,20)/t11-/m1/s1. The summed E-state index contributed by atoms with van der Waals surface area (Å²) in [6.07, 6.45) is -1.28. The van der Waals surface area contributed by atoms with Crippen LogP contribution in [0.15, 0.2) is 18.2 Å². The zero-order chi connectivity index (χ0) is 16.9. The van der Waals surface area contributed by atoms with Crippen LogP contribution in [0.1, 0.15) is 24.2 Å². The van der Waals surface area contributed by atoms with E-state index in [4.69, 9.17) is 15.2 Å². The molecule has 3 N–H and O–H groups in total. The van der Waals surface area contributed by atoms with Gasteiger partial charge < -0.3 is 15.2 Å². The number of carbonyl (C=O) groups is 3. The van der Waals surface area contributed by atoms with Crippen LogP contribution in [0.25, 0.3) is 0 Å². The minimum Gasteiger partial charge on any atom is -0.497 e. The van der Waals surface area contributed by atoms with Gasteiger partial charge in [0, 0.05) is 6.07 Å². The Bertz CT molecular complexity index is 589. The molecule has 1 aromatic rings. The van der Waals surface area contributed by atoms with Crippen molar-refractivity contribution in [3.05, 3.63) is 29.6 Å².